The zero-order chi connectivity index (χ0) is 14.2. The van der Waals surface area contributed by atoms with Crippen molar-refractivity contribution in [2.45, 2.75) is 36.9 Å². The first kappa shape index (κ1) is 13.3. The zero-order valence-electron chi connectivity index (χ0n) is 11.5. The number of nitrogens with zero attached hydrogens (tertiary/aromatic N) is 3. The monoisotopic (exact) mass is 320 g/mol. The number of fused-ring (bicyclic) bond motifs is 1. The molecule has 21 heavy (non-hydrogen) atoms. The van der Waals surface area contributed by atoms with Crippen LogP contribution in [0.3, 0.4) is 0 Å². The van der Waals surface area contributed by atoms with Crippen molar-refractivity contribution in [1.82, 2.24) is 20.1 Å². The summed E-state index contributed by atoms with van der Waals surface area (Å²) >= 11 is 3.22. The molecule has 1 amide bonds. The van der Waals surface area contributed by atoms with Crippen LogP contribution < -0.4 is 0 Å². The van der Waals surface area contributed by atoms with E-state index < -0.39 is 0 Å². The molecule has 0 radical (unpaired) electrons. The Bertz CT molecular complexity index is 661. The highest BCUT2D eigenvalue weighted by Gasteiger charge is 2.27. The molecule has 2 aliphatic rings. The highest BCUT2D eigenvalue weighted by atomic mass is 32.2. The van der Waals surface area contributed by atoms with E-state index in [4.69, 9.17) is 0 Å². The molecule has 1 saturated carbocycles. The predicted octanol–water partition coefficient (Wildman–Crippen LogP) is 2.42. The largest absolute Gasteiger partial charge is 0.337 e. The maximum Gasteiger partial charge on any atom is 0.233 e. The summed E-state index contributed by atoms with van der Waals surface area (Å²) in [6, 6.07) is 2.13. The molecule has 1 aliphatic carbocycles. The molecule has 0 saturated heterocycles. The number of carbonyl (C=O) groups is 1. The fourth-order valence-electron chi connectivity index (χ4n) is 2.54. The number of amides is 1. The lowest BCUT2D eigenvalue weighted by Gasteiger charge is -2.26. The van der Waals surface area contributed by atoms with Crippen molar-refractivity contribution >= 4 is 29.0 Å². The van der Waals surface area contributed by atoms with E-state index in [1.54, 1.807) is 11.3 Å². The summed E-state index contributed by atoms with van der Waals surface area (Å²) in [5.41, 5.74) is 1.30. The standard InChI is InChI=1S/C14H16N4OS2/c19-12(18-5-3-11-10(7-18)4-6-20-11)8-21-14-15-13(16-17-14)9-1-2-9/h4,6,9H,1-3,5,7-8H2,(H,15,16,17). The lowest BCUT2D eigenvalue weighted by Crippen LogP contribution is -2.36. The van der Waals surface area contributed by atoms with E-state index in [2.05, 4.69) is 26.6 Å². The second-order valence-corrected chi connectivity index (χ2v) is 7.44. The molecule has 5 nitrogen and oxygen atoms in total. The van der Waals surface area contributed by atoms with Crippen LogP contribution in [0.15, 0.2) is 16.6 Å². The van der Waals surface area contributed by atoms with Crippen molar-refractivity contribution in [3.8, 4) is 0 Å². The third-order valence-corrected chi connectivity index (χ3v) is 5.79. The Labute approximate surface area is 131 Å². The van der Waals surface area contributed by atoms with Gasteiger partial charge in [-0.2, -0.15) is 0 Å². The van der Waals surface area contributed by atoms with Crippen LogP contribution in [0, 0.1) is 0 Å². The van der Waals surface area contributed by atoms with Crippen LogP contribution >= 0.6 is 23.1 Å². The SMILES string of the molecule is O=C(CSc1n[nH]c(C2CC2)n1)N1CCc2sccc2C1. The van der Waals surface area contributed by atoms with Crippen LogP contribution in [0.25, 0.3) is 0 Å². The Morgan fingerprint density at radius 2 is 2.43 bits per heavy atom. The summed E-state index contributed by atoms with van der Waals surface area (Å²) in [5.74, 6) is 2.14. The number of thiophene rings is 1. The molecule has 0 spiro atoms. The van der Waals surface area contributed by atoms with Gasteiger partial charge in [0.1, 0.15) is 5.82 Å². The fraction of sp³-hybridized carbons (Fsp3) is 0.500. The number of aromatic amines is 1. The van der Waals surface area contributed by atoms with Gasteiger partial charge in [0.25, 0.3) is 0 Å². The van der Waals surface area contributed by atoms with Gasteiger partial charge in [0.2, 0.25) is 11.1 Å². The molecule has 2 aromatic rings. The molecule has 1 N–H and O–H groups in total. The quantitative estimate of drug-likeness (QED) is 0.879. The molecule has 0 aromatic carbocycles. The van der Waals surface area contributed by atoms with Crippen LogP contribution in [0.1, 0.15) is 35.0 Å². The number of aromatic nitrogens is 3. The summed E-state index contributed by atoms with van der Waals surface area (Å²) < 4.78 is 0. The van der Waals surface area contributed by atoms with Gasteiger partial charge in [-0.3, -0.25) is 9.89 Å². The van der Waals surface area contributed by atoms with E-state index >= 15 is 0 Å². The Hall–Kier alpha value is -1.34. The van der Waals surface area contributed by atoms with Crippen LogP contribution in [-0.2, 0) is 17.8 Å². The van der Waals surface area contributed by atoms with Crippen molar-refractivity contribution in [3.63, 3.8) is 0 Å². The van der Waals surface area contributed by atoms with Crippen molar-refractivity contribution in [1.29, 1.82) is 0 Å². The van der Waals surface area contributed by atoms with E-state index in [9.17, 15) is 4.79 Å². The molecule has 1 fully saturated rings. The van der Waals surface area contributed by atoms with Gasteiger partial charge in [0, 0.05) is 23.9 Å². The first-order valence-electron chi connectivity index (χ1n) is 7.18. The third-order valence-electron chi connectivity index (χ3n) is 3.93. The topological polar surface area (TPSA) is 61.9 Å². The maximum absolute atomic E-state index is 12.3. The minimum atomic E-state index is 0.176. The number of H-pyrrole nitrogens is 1. The van der Waals surface area contributed by atoms with E-state index in [0.717, 1.165) is 25.3 Å². The molecular weight excluding hydrogens is 304 g/mol. The number of nitrogens with one attached hydrogen (secondary N) is 1. The van der Waals surface area contributed by atoms with Crippen molar-refractivity contribution in [2.24, 2.45) is 0 Å². The van der Waals surface area contributed by atoms with E-state index in [1.807, 2.05) is 4.90 Å². The molecular formula is C14H16N4OS2. The Balaban J connectivity index is 1.33. The first-order chi connectivity index (χ1) is 10.3. The van der Waals surface area contributed by atoms with Gasteiger partial charge in [-0.05, 0) is 36.3 Å². The minimum Gasteiger partial charge on any atom is -0.337 e. The summed E-state index contributed by atoms with van der Waals surface area (Å²) in [7, 11) is 0. The second-order valence-electron chi connectivity index (χ2n) is 5.50. The Morgan fingerprint density at radius 3 is 3.29 bits per heavy atom. The van der Waals surface area contributed by atoms with Crippen LogP contribution in [0.2, 0.25) is 0 Å². The molecule has 0 bridgehead atoms. The Morgan fingerprint density at radius 1 is 1.52 bits per heavy atom. The molecule has 110 valence electrons. The van der Waals surface area contributed by atoms with Gasteiger partial charge in [-0.25, -0.2) is 4.98 Å². The van der Waals surface area contributed by atoms with Gasteiger partial charge in [-0.15, -0.1) is 16.4 Å². The number of thioether (sulfide) groups is 1. The molecule has 1 aliphatic heterocycles. The van der Waals surface area contributed by atoms with Gasteiger partial charge in [0.15, 0.2) is 0 Å². The van der Waals surface area contributed by atoms with Crippen molar-refractivity contribution in [3.05, 3.63) is 27.7 Å². The molecule has 2 aromatic heterocycles. The van der Waals surface area contributed by atoms with E-state index in [0.29, 0.717) is 16.8 Å². The second kappa shape index (κ2) is 5.46. The van der Waals surface area contributed by atoms with Gasteiger partial charge in [0.05, 0.1) is 5.75 Å². The predicted molar refractivity (Wildman–Crippen MR) is 82.5 cm³/mol. The van der Waals surface area contributed by atoms with Crippen LogP contribution in [0.5, 0.6) is 0 Å². The summed E-state index contributed by atoms with van der Waals surface area (Å²) in [4.78, 5) is 20.1. The third kappa shape index (κ3) is 2.85. The molecule has 7 heteroatoms. The summed E-state index contributed by atoms with van der Waals surface area (Å²) in [5, 5.41) is 9.96. The lowest BCUT2D eigenvalue weighted by atomic mass is 10.1. The molecule has 3 heterocycles. The number of hydrogen-bond donors (Lipinski definition) is 1. The number of hydrogen-bond acceptors (Lipinski definition) is 5. The zero-order valence-corrected chi connectivity index (χ0v) is 13.2. The molecule has 0 atom stereocenters. The average molecular weight is 320 g/mol. The average Bonchev–Trinajstić information content (AvgIpc) is 3.07. The van der Waals surface area contributed by atoms with Gasteiger partial charge >= 0.3 is 0 Å². The van der Waals surface area contributed by atoms with Crippen molar-refractivity contribution in [2.75, 3.05) is 12.3 Å². The first-order valence-corrected chi connectivity index (χ1v) is 9.04. The number of carbonyl (C=O) groups excluding carboxylic acids is 1. The minimum absolute atomic E-state index is 0.176. The highest BCUT2D eigenvalue weighted by Crippen LogP contribution is 2.38. The van der Waals surface area contributed by atoms with E-state index in [-0.39, 0.29) is 5.91 Å². The molecule has 0 unspecified atom stereocenters. The molecule has 4 rings (SSSR count). The van der Waals surface area contributed by atoms with Gasteiger partial charge in [-0.1, -0.05) is 11.8 Å². The normalized spacial score (nSPS) is 17.8. The Kier molecular flexibility index (Phi) is 3.46. The summed E-state index contributed by atoms with van der Waals surface area (Å²) in [6.45, 7) is 1.58. The summed E-state index contributed by atoms with van der Waals surface area (Å²) in [6.07, 6.45) is 3.39. The number of rotatable bonds is 4. The van der Waals surface area contributed by atoms with Crippen molar-refractivity contribution < 1.29 is 4.79 Å². The smallest absolute Gasteiger partial charge is 0.233 e. The van der Waals surface area contributed by atoms with Crippen LogP contribution in [0.4, 0.5) is 0 Å². The maximum atomic E-state index is 12.3. The fourth-order valence-corrected chi connectivity index (χ4v) is 4.14. The van der Waals surface area contributed by atoms with Gasteiger partial charge < -0.3 is 4.90 Å². The highest BCUT2D eigenvalue weighted by molar-refractivity contribution is 7.99. The van der Waals surface area contributed by atoms with E-state index in [1.165, 1.54) is 35.0 Å². The van der Waals surface area contributed by atoms with Crippen LogP contribution in [-0.4, -0.2) is 38.3 Å². The lowest BCUT2D eigenvalue weighted by molar-refractivity contribution is -0.129.